The van der Waals surface area contributed by atoms with E-state index >= 15 is 0 Å². The van der Waals surface area contributed by atoms with E-state index in [9.17, 15) is 8.42 Å². The van der Waals surface area contributed by atoms with Crippen molar-refractivity contribution in [3.63, 3.8) is 0 Å². The monoisotopic (exact) mass is 331 g/mol. The van der Waals surface area contributed by atoms with E-state index < -0.39 is 10.0 Å². The van der Waals surface area contributed by atoms with Crippen molar-refractivity contribution in [3.8, 4) is 0 Å². The van der Waals surface area contributed by atoms with Crippen molar-refractivity contribution in [2.75, 3.05) is 0 Å². The van der Waals surface area contributed by atoms with Gasteiger partial charge in [-0.25, -0.2) is 13.1 Å². The number of halogens is 1. The highest BCUT2D eigenvalue weighted by Crippen LogP contribution is 2.22. The predicted octanol–water partition coefficient (Wildman–Crippen LogP) is 1.44. The molecule has 6 nitrogen and oxygen atoms in total. The molecule has 9 heteroatoms. The number of benzene rings is 1. The van der Waals surface area contributed by atoms with Gasteiger partial charge in [0, 0.05) is 11.6 Å². The average molecular weight is 332 g/mol. The fraction of sp³-hybridized carbons (Fsp3) is 0.0909. The number of hydrogen-bond acceptors (Lipinski definition) is 5. The Kier molecular flexibility index (Phi) is 4.39. The molecule has 2 aromatic rings. The molecule has 2 rings (SSSR count). The fourth-order valence-corrected chi connectivity index (χ4v) is 3.11. The number of thiocarbonyl (C=S) groups is 1. The molecule has 1 heterocycles. The highest BCUT2D eigenvalue weighted by molar-refractivity contribution is 7.89. The number of nitrogens with two attached hydrogens (primary N) is 1. The first-order valence-electron chi connectivity index (χ1n) is 5.39. The summed E-state index contributed by atoms with van der Waals surface area (Å²) in [6.45, 7) is -0.0181. The summed E-state index contributed by atoms with van der Waals surface area (Å²) in [5.41, 5.74) is 5.95. The highest BCUT2D eigenvalue weighted by Gasteiger charge is 2.18. The Bertz CT molecular complexity index is 729. The van der Waals surface area contributed by atoms with Crippen LogP contribution in [0.2, 0.25) is 5.02 Å². The van der Waals surface area contributed by atoms with Crippen LogP contribution >= 0.6 is 23.8 Å². The minimum atomic E-state index is -3.76. The molecule has 3 N–H and O–H groups in total. The summed E-state index contributed by atoms with van der Waals surface area (Å²) >= 11 is 10.7. The number of sulfonamides is 1. The lowest BCUT2D eigenvalue weighted by Crippen LogP contribution is -2.23. The molecule has 0 spiro atoms. The van der Waals surface area contributed by atoms with E-state index in [1.165, 1.54) is 24.4 Å². The molecular weight excluding hydrogens is 322 g/mol. The van der Waals surface area contributed by atoms with Gasteiger partial charge in [-0.2, -0.15) is 0 Å². The van der Waals surface area contributed by atoms with E-state index in [0.717, 1.165) is 0 Å². The second kappa shape index (κ2) is 5.88. The Morgan fingerprint density at radius 2 is 2.20 bits per heavy atom. The molecule has 0 atom stereocenters. The van der Waals surface area contributed by atoms with Crippen molar-refractivity contribution in [2.24, 2.45) is 5.73 Å². The largest absolute Gasteiger partial charge is 0.389 e. The zero-order valence-corrected chi connectivity index (χ0v) is 12.4. The molecule has 1 aromatic carbocycles. The molecule has 0 amide bonds. The molecule has 106 valence electrons. The van der Waals surface area contributed by atoms with E-state index in [-0.39, 0.29) is 21.5 Å². The quantitative estimate of drug-likeness (QED) is 0.804. The van der Waals surface area contributed by atoms with Crippen LogP contribution in [0.1, 0.15) is 11.3 Å². The van der Waals surface area contributed by atoms with Gasteiger partial charge < -0.3 is 10.3 Å². The number of nitrogens with zero attached hydrogens (tertiary/aromatic N) is 1. The summed E-state index contributed by atoms with van der Waals surface area (Å²) < 4.78 is 31.4. The van der Waals surface area contributed by atoms with Crippen LogP contribution in [-0.4, -0.2) is 18.6 Å². The second-order valence-corrected chi connectivity index (χ2v) is 6.40. The molecule has 0 radical (unpaired) electrons. The Hall–Kier alpha value is -1.48. The molecule has 0 bridgehead atoms. The standard InChI is InChI=1S/C11H10ClN3O3S2/c12-9-5-7(11(13)19)1-2-10(9)20(16,17)15-6-8-3-4-14-18-8/h1-5,15H,6H2,(H2,13,19). The lowest BCUT2D eigenvalue weighted by molar-refractivity contribution is 0.380. The Labute approximate surface area is 125 Å². The summed E-state index contributed by atoms with van der Waals surface area (Å²) in [7, 11) is -3.76. The molecule has 0 aliphatic heterocycles. The van der Waals surface area contributed by atoms with E-state index in [1.807, 2.05) is 0 Å². The molecular formula is C11H10ClN3O3S2. The van der Waals surface area contributed by atoms with Crippen LogP contribution < -0.4 is 10.5 Å². The van der Waals surface area contributed by atoms with Crippen LogP contribution in [0.3, 0.4) is 0 Å². The summed E-state index contributed by atoms with van der Waals surface area (Å²) in [6.07, 6.45) is 1.42. The van der Waals surface area contributed by atoms with Gasteiger partial charge in [0.2, 0.25) is 10.0 Å². The fourth-order valence-electron chi connectivity index (χ4n) is 1.45. The highest BCUT2D eigenvalue weighted by atomic mass is 35.5. The minimum absolute atomic E-state index is 0.0181. The van der Waals surface area contributed by atoms with Gasteiger partial charge in [0.25, 0.3) is 0 Å². The molecule has 0 saturated carbocycles. The van der Waals surface area contributed by atoms with Crippen LogP contribution in [0.25, 0.3) is 0 Å². The molecule has 0 unspecified atom stereocenters. The maximum atomic E-state index is 12.1. The van der Waals surface area contributed by atoms with Gasteiger partial charge in [-0.3, -0.25) is 0 Å². The van der Waals surface area contributed by atoms with Gasteiger partial charge in [0.1, 0.15) is 9.88 Å². The predicted molar refractivity (Wildman–Crippen MR) is 77.9 cm³/mol. The summed E-state index contributed by atoms with van der Waals surface area (Å²) in [6, 6.07) is 5.81. The minimum Gasteiger partial charge on any atom is -0.389 e. The molecule has 20 heavy (non-hydrogen) atoms. The van der Waals surface area contributed by atoms with E-state index in [4.69, 9.17) is 34.1 Å². The van der Waals surface area contributed by atoms with Crippen LogP contribution in [-0.2, 0) is 16.6 Å². The van der Waals surface area contributed by atoms with Crippen molar-refractivity contribution in [1.82, 2.24) is 9.88 Å². The van der Waals surface area contributed by atoms with E-state index in [2.05, 4.69) is 9.88 Å². The van der Waals surface area contributed by atoms with Gasteiger partial charge in [-0.15, -0.1) is 0 Å². The molecule has 0 saturated heterocycles. The van der Waals surface area contributed by atoms with Crippen molar-refractivity contribution < 1.29 is 12.9 Å². The van der Waals surface area contributed by atoms with Gasteiger partial charge >= 0.3 is 0 Å². The number of hydrogen-bond donors (Lipinski definition) is 2. The lowest BCUT2D eigenvalue weighted by Gasteiger charge is -2.08. The molecule has 0 aliphatic rings. The van der Waals surface area contributed by atoms with Crippen molar-refractivity contribution in [2.45, 2.75) is 11.4 Å². The molecule has 0 fully saturated rings. The molecule has 1 aromatic heterocycles. The van der Waals surface area contributed by atoms with Crippen molar-refractivity contribution in [1.29, 1.82) is 0 Å². The maximum Gasteiger partial charge on any atom is 0.242 e. The lowest BCUT2D eigenvalue weighted by atomic mass is 10.2. The summed E-state index contributed by atoms with van der Waals surface area (Å²) in [5.74, 6) is 0.393. The average Bonchev–Trinajstić information content (AvgIpc) is 2.89. The van der Waals surface area contributed by atoms with Gasteiger partial charge in [-0.05, 0) is 12.1 Å². The Morgan fingerprint density at radius 3 is 2.75 bits per heavy atom. The third-order valence-corrected chi connectivity index (χ3v) is 4.55. The van der Waals surface area contributed by atoms with Gasteiger partial charge in [-0.1, -0.05) is 35.0 Å². The summed E-state index contributed by atoms with van der Waals surface area (Å²) in [5, 5.41) is 3.52. The Balaban J connectivity index is 2.23. The maximum absolute atomic E-state index is 12.1. The summed E-state index contributed by atoms with van der Waals surface area (Å²) in [4.78, 5) is 0.0872. The van der Waals surface area contributed by atoms with E-state index in [0.29, 0.717) is 11.3 Å². The van der Waals surface area contributed by atoms with Crippen LogP contribution in [0.15, 0.2) is 39.9 Å². The molecule has 0 aliphatic carbocycles. The van der Waals surface area contributed by atoms with E-state index in [1.54, 1.807) is 6.07 Å². The zero-order valence-electron chi connectivity index (χ0n) is 10.0. The number of nitrogens with one attached hydrogen (secondary N) is 1. The first kappa shape index (κ1) is 14.9. The first-order valence-corrected chi connectivity index (χ1v) is 7.65. The van der Waals surface area contributed by atoms with Crippen molar-refractivity contribution in [3.05, 3.63) is 46.8 Å². The Morgan fingerprint density at radius 1 is 1.45 bits per heavy atom. The van der Waals surface area contributed by atoms with Crippen LogP contribution in [0.5, 0.6) is 0 Å². The van der Waals surface area contributed by atoms with Crippen LogP contribution in [0.4, 0.5) is 0 Å². The number of rotatable bonds is 5. The number of aromatic nitrogens is 1. The van der Waals surface area contributed by atoms with Gasteiger partial charge in [0.15, 0.2) is 5.76 Å². The second-order valence-electron chi connectivity index (χ2n) is 3.81. The topological polar surface area (TPSA) is 98.2 Å². The first-order chi connectivity index (χ1) is 9.40. The third kappa shape index (κ3) is 3.34. The smallest absolute Gasteiger partial charge is 0.242 e. The van der Waals surface area contributed by atoms with Crippen LogP contribution in [0, 0.1) is 0 Å². The third-order valence-electron chi connectivity index (χ3n) is 2.43. The zero-order chi connectivity index (χ0) is 14.8. The normalized spacial score (nSPS) is 11.4. The van der Waals surface area contributed by atoms with Gasteiger partial charge in [0.05, 0.1) is 17.8 Å². The van der Waals surface area contributed by atoms with Crippen molar-refractivity contribution >= 4 is 38.8 Å². The SMILES string of the molecule is NC(=S)c1ccc(S(=O)(=O)NCc2ccno2)c(Cl)c1.